The molecule has 2 rings (SSSR count). The number of benzene rings is 1. The van der Waals surface area contributed by atoms with Crippen LogP contribution < -0.4 is 0 Å². The van der Waals surface area contributed by atoms with Crippen LogP contribution in [0.2, 0.25) is 0 Å². The van der Waals surface area contributed by atoms with Crippen molar-refractivity contribution in [1.29, 1.82) is 0 Å². The average Bonchev–Trinajstić information content (AvgIpc) is 2.47. The van der Waals surface area contributed by atoms with E-state index in [1.54, 1.807) is 6.08 Å². The molecule has 0 N–H and O–H groups in total. The zero-order valence-electron chi connectivity index (χ0n) is 11.3. The third-order valence-corrected chi connectivity index (χ3v) is 3.30. The molecule has 0 saturated heterocycles. The molecule has 0 fully saturated rings. The zero-order chi connectivity index (χ0) is 13.7. The summed E-state index contributed by atoms with van der Waals surface area (Å²) in [7, 11) is 2.81. The van der Waals surface area contributed by atoms with Gasteiger partial charge >= 0.3 is 5.97 Å². The van der Waals surface area contributed by atoms with Crippen molar-refractivity contribution in [1.82, 2.24) is 0 Å². The van der Waals surface area contributed by atoms with Gasteiger partial charge in [0.1, 0.15) is 0 Å². The van der Waals surface area contributed by atoms with Gasteiger partial charge in [-0.25, -0.2) is 4.79 Å². The summed E-state index contributed by atoms with van der Waals surface area (Å²) in [4.78, 5) is 11.4. The normalized spacial score (nSPS) is 16.9. The van der Waals surface area contributed by atoms with Gasteiger partial charge in [-0.3, -0.25) is 0 Å². The largest absolute Gasteiger partial charge is 0.490 e. The topological polar surface area (TPSA) is 35.5 Å². The fourth-order valence-corrected chi connectivity index (χ4v) is 2.32. The van der Waals surface area contributed by atoms with Crippen molar-refractivity contribution < 1.29 is 14.3 Å². The Hall–Kier alpha value is -2.03. The Morgan fingerprint density at radius 1 is 1.16 bits per heavy atom. The van der Waals surface area contributed by atoms with Gasteiger partial charge in [0.25, 0.3) is 0 Å². The van der Waals surface area contributed by atoms with Gasteiger partial charge in [-0.05, 0) is 42.0 Å². The Morgan fingerprint density at radius 3 is 2.68 bits per heavy atom. The number of carbonyl (C=O) groups excluding carboxylic acids is 1. The van der Waals surface area contributed by atoms with E-state index in [0.717, 1.165) is 19.3 Å². The van der Waals surface area contributed by atoms with Gasteiger partial charge < -0.3 is 9.47 Å². The smallest absolute Gasteiger partial charge is 0.373 e. The molecule has 1 aliphatic carbocycles. The van der Waals surface area contributed by atoms with Crippen LogP contribution in [0.1, 0.15) is 24.0 Å². The molecule has 0 saturated carbocycles. The van der Waals surface area contributed by atoms with Crippen LogP contribution in [-0.4, -0.2) is 20.2 Å². The minimum atomic E-state index is -0.455. The highest BCUT2D eigenvalue weighted by molar-refractivity contribution is 5.87. The first-order valence-corrected chi connectivity index (χ1v) is 6.37. The van der Waals surface area contributed by atoms with Crippen molar-refractivity contribution in [3.8, 4) is 0 Å². The molecule has 0 heterocycles. The van der Waals surface area contributed by atoms with Crippen LogP contribution in [0, 0.1) is 0 Å². The van der Waals surface area contributed by atoms with Gasteiger partial charge in [-0.15, -0.1) is 0 Å². The summed E-state index contributed by atoms with van der Waals surface area (Å²) < 4.78 is 9.68. The number of hydrogen-bond donors (Lipinski definition) is 0. The molecule has 0 atom stereocenters. The van der Waals surface area contributed by atoms with Gasteiger partial charge in [-0.1, -0.05) is 30.3 Å². The first-order chi connectivity index (χ1) is 9.26. The van der Waals surface area contributed by atoms with Crippen LogP contribution in [0.4, 0.5) is 0 Å². The van der Waals surface area contributed by atoms with Crippen molar-refractivity contribution in [3.05, 3.63) is 53.3 Å². The summed E-state index contributed by atoms with van der Waals surface area (Å²) in [6.45, 7) is 0. The Bertz CT molecular complexity index is 527. The van der Waals surface area contributed by atoms with Crippen molar-refractivity contribution in [2.75, 3.05) is 14.2 Å². The molecule has 0 radical (unpaired) electrons. The Balaban J connectivity index is 2.30. The van der Waals surface area contributed by atoms with E-state index < -0.39 is 5.97 Å². The maximum Gasteiger partial charge on any atom is 0.373 e. The van der Waals surface area contributed by atoms with Crippen LogP contribution in [0.3, 0.4) is 0 Å². The molecular weight excluding hydrogens is 240 g/mol. The van der Waals surface area contributed by atoms with E-state index in [2.05, 4.69) is 22.9 Å². The van der Waals surface area contributed by atoms with Crippen LogP contribution >= 0.6 is 0 Å². The quantitative estimate of drug-likeness (QED) is 0.475. The minimum Gasteiger partial charge on any atom is -0.490 e. The molecule has 0 aromatic heterocycles. The summed E-state index contributed by atoms with van der Waals surface area (Å²) in [6, 6.07) is 8.38. The van der Waals surface area contributed by atoms with Gasteiger partial charge in [0.05, 0.1) is 14.2 Å². The number of ether oxygens (including phenoxy) is 2. The Labute approximate surface area is 113 Å². The van der Waals surface area contributed by atoms with E-state index in [1.165, 1.54) is 30.9 Å². The monoisotopic (exact) mass is 258 g/mol. The predicted molar refractivity (Wildman–Crippen MR) is 74.5 cm³/mol. The molecule has 3 heteroatoms. The fourth-order valence-electron chi connectivity index (χ4n) is 2.32. The summed E-state index contributed by atoms with van der Waals surface area (Å²) >= 11 is 0. The number of carbonyl (C=O) groups is 1. The van der Waals surface area contributed by atoms with Gasteiger partial charge in [0.2, 0.25) is 5.76 Å². The molecule has 0 spiro atoms. The van der Waals surface area contributed by atoms with Crippen LogP contribution in [-0.2, 0) is 20.7 Å². The average molecular weight is 258 g/mol. The van der Waals surface area contributed by atoms with E-state index >= 15 is 0 Å². The predicted octanol–water partition coefficient (Wildman–Crippen LogP) is 3.11. The van der Waals surface area contributed by atoms with Gasteiger partial charge in [0, 0.05) is 0 Å². The molecule has 0 unspecified atom stereocenters. The number of hydrogen-bond acceptors (Lipinski definition) is 3. The number of fused-ring (bicyclic) bond motifs is 1. The number of esters is 1. The zero-order valence-corrected chi connectivity index (χ0v) is 11.3. The number of allylic oxidation sites excluding steroid dienone is 3. The molecule has 3 nitrogen and oxygen atoms in total. The molecule has 0 aliphatic heterocycles. The third-order valence-electron chi connectivity index (χ3n) is 3.30. The highest BCUT2D eigenvalue weighted by Gasteiger charge is 2.13. The molecule has 19 heavy (non-hydrogen) atoms. The second-order valence-corrected chi connectivity index (χ2v) is 4.43. The second kappa shape index (κ2) is 6.23. The molecule has 1 aliphatic rings. The molecule has 0 amide bonds. The summed E-state index contributed by atoms with van der Waals surface area (Å²) in [5.41, 5.74) is 3.87. The van der Waals surface area contributed by atoms with Crippen molar-refractivity contribution >= 4 is 11.5 Å². The standard InChI is InChI=1S/C16H18O3/c1-18-15(16(17)19-2)11-10-13-8-5-7-12-6-3-4-9-14(12)13/h3-4,6,9-11H,5,7-8H2,1-2H3/b13-10+,15-11+. The molecular formula is C16H18O3. The molecule has 1 aromatic rings. The first-order valence-electron chi connectivity index (χ1n) is 6.37. The van der Waals surface area contributed by atoms with E-state index in [-0.39, 0.29) is 5.76 Å². The highest BCUT2D eigenvalue weighted by Crippen LogP contribution is 2.30. The van der Waals surface area contributed by atoms with Gasteiger partial charge in [-0.2, -0.15) is 0 Å². The van der Waals surface area contributed by atoms with E-state index in [1.807, 2.05) is 12.1 Å². The fraction of sp³-hybridized carbons (Fsp3) is 0.312. The van der Waals surface area contributed by atoms with Crippen LogP contribution in [0.25, 0.3) is 5.57 Å². The van der Waals surface area contributed by atoms with Crippen LogP contribution in [0.15, 0.2) is 42.2 Å². The van der Waals surface area contributed by atoms with Crippen molar-refractivity contribution in [3.63, 3.8) is 0 Å². The summed E-state index contributed by atoms with van der Waals surface area (Å²) in [5.74, 6) is -0.235. The lowest BCUT2D eigenvalue weighted by Gasteiger charge is -2.18. The maximum atomic E-state index is 11.4. The molecule has 1 aromatic carbocycles. The van der Waals surface area contributed by atoms with E-state index in [9.17, 15) is 4.79 Å². The highest BCUT2D eigenvalue weighted by atomic mass is 16.6. The molecule has 100 valence electrons. The summed E-state index contributed by atoms with van der Waals surface area (Å²) in [5, 5.41) is 0. The molecule has 0 bridgehead atoms. The lowest BCUT2D eigenvalue weighted by molar-refractivity contribution is -0.139. The minimum absolute atomic E-state index is 0.220. The maximum absolute atomic E-state index is 11.4. The Kier molecular flexibility index (Phi) is 4.39. The van der Waals surface area contributed by atoms with Crippen molar-refractivity contribution in [2.24, 2.45) is 0 Å². The lowest BCUT2D eigenvalue weighted by Crippen LogP contribution is -2.06. The van der Waals surface area contributed by atoms with Crippen molar-refractivity contribution in [2.45, 2.75) is 19.3 Å². The number of rotatable bonds is 3. The third kappa shape index (κ3) is 3.05. The van der Waals surface area contributed by atoms with E-state index in [4.69, 9.17) is 4.74 Å². The first kappa shape index (κ1) is 13.4. The lowest BCUT2D eigenvalue weighted by atomic mass is 9.87. The number of methoxy groups -OCH3 is 2. The van der Waals surface area contributed by atoms with E-state index in [0.29, 0.717) is 0 Å². The van der Waals surface area contributed by atoms with Gasteiger partial charge in [0.15, 0.2) is 0 Å². The van der Waals surface area contributed by atoms with Crippen LogP contribution in [0.5, 0.6) is 0 Å². The second-order valence-electron chi connectivity index (χ2n) is 4.43. The number of aryl methyl sites for hydroxylation is 1. The Morgan fingerprint density at radius 2 is 1.95 bits per heavy atom. The summed E-state index contributed by atoms with van der Waals surface area (Å²) in [6.07, 6.45) is 6.91. The SMILES string of the molecule is COC(=O)/C(=C\C=C1/CCCc2ccccc21)OC.